The Bertz CT molecular complexity index is 77.1. The highest BCUT2D eigenvalue weighted by molar-refractivity contribution is 4.89. The Morgan fingerprint density at radius 2 is 1.10 bits per heavy atom. The minimum Gasteiger partial charge on any atom is -0.300 e. The Balaban J connectivity index is 2.68. The topological polar surface area (TPSA) is 3.24 Å². The van der Waals surface area contributed by atoms with Gasteiger partial charge in [-0.15, -0.1) is 0 Å². The van der Waals surface area contributed by atoms with Crippen LogP contribution in [0.3, 0.4) is 0 Å². The fourth-order valence-electron chi connectivity index (χ4n) is 1.99. The maximum absolute atomic E-state index is 2.48. The summed E-state index contributed by atoms with van der Waals surface area (Å²) < 4.78 is 0. The normalized spacial score (nSPS) is 50.1. The molecule has 1 nitrogen and oxygen atoms in total. The molecule has 1 heterocycles. The summed E-state index contributed by atoms with van der Waals surface area (Å²) in [6, 6.07) is 1.54. The van der Waals surface area contributed by atoms with Gasteiger partial charge in [-0.3, -0.25) is 0 Å². The molecule has 0 spiro atoms. The van der Waals surface area contributed by atoms with Crippen LogP contribution in [0.4, 0.5) is 0 Å². The third kappa shape index (κ3) is 0.968. The van der Waals surface area contributed by atoms with Crippen LogP contribution in [-0.4, -0.2) is 24.0 Å². The van der Waals surface area contributed by atoms with E-state index in [0.717, 1.165) is 23.9 Å². The van der Waals surface area contributed by atoms with Gasteiger partial charge in [0.25, 0.3) is 0 Å². The van der Waals surface area contributed by atoms with Crippen LogP contribution in [0.5, 0.6) is 0 Å². The fourth-order valence-corrected chi connectivity index (χ4v) is 1.99. The minimum absolute atomic E-state index is 0.769. The smallest absolute Gasteiger partial charge is 0.00955 e. The molecule has 0 saturated carbocycles. The summed E-state index contributed by atoms with van der Waals surface area (Å²) in [6.07, 6.45) is 0. The molecule has 60 valence electrons. The van der Waals surface area contributed by atoms with Gasteiger partial charge in [0.2, 0.25) is 0 Å². The first-order valence-electron chi connectivity index (χ1n) is 4.27. The summed E-state index contributed by atoms with van der Waals surface area (Å²) in [6.45, 7) is 9.36. The summed E-state index contributed by atoms with van der Waals surface area (Å²) in [7, 11) is 2.23. The second-order valence-electron chi connectivity index (χ2n) is 3.86. The van der Waals surface area contributed by atoms with Crippen LogP contribution in [0.25, 0.3) is 0 Å². The molecule has 4 atom stereocenters. The van der Waals surface area contributed by atoms with Crippen molar-refractivity contribution < 1.29 is 0 Å². The average molecular weight is 141 g/mol. The Hall–Kier alpha value is -0.0400. The summed E-state index contributed by atoms with van der Waals surface area (Å²) in [5, 5.41) is 0. The van der Waals surface area contributed by atoms with Crippen LogP contribution in [0.15, 0.2) is 0 Å². The van der Waals surface area contributed by atoms with E-state index >= 15 is 0 Å². The van der Waals surface area contributed by atoms with Crippen molar-refractivity contribution in [2.24, 2.45) is 11.8 Å². The highest BCUT2D eigenvalue weighted by atomic mass is 15.2. The number of hydrogen-bond donors (Lipinski definition) is 0. The molecule has 1 heteroatoms. The molecule has 1 fully saturated rings. The van der Waals surface area contributed by atoms with Gasteiger partial charge in [-0.25, -0.2) is 0 Å². The monoisotopic (exact) mass is 141 g/mol. The van der Waals surface area contributed by atoms with E-state index < -0.39 is 0 Å². The molecule has 1 aliphatic rings. The third-order valence-corrected chi connectivity index (χ3v) is 3.64. The molecular weight excluding hydrogens is 122 g/mol. The van der Waals surface area contributed by atoms with Gasteiger partial charge >= 0.3 is 0 Å². The van der Waals surface area contributed by atoms with Crippen LogP contribution in [0.2, 0.25) is 0 Å². The van der Waals surface area contributed by atoms with Gasteiger partial charge in [-0.1, -0.05) is 13.8 Å². The molecule has 0 bridgehead atoms. The molecule has 0 radical (unpaired) electrons. The second-order valence-corrected chi connectivity index (χ2v) is 3.86. The van der Waals surface area contributed by atoms with Crippen molar-refractivity contribution in [1.29, 1.82) is 0 Å². The Morgan fingerprint density at radius 1 is 0.800 bits per heavy atom. The van der Waals surface area contributed by atoms with Crippen LogP contribution in [-0.2, 0) is 0 Å². The van der Waals surface area contributed by atoms with Crippen molar-refractivity contribution in [2.45, 2.75) is 39.8 Å². The van der Waals surface area contributed by atoms with Gasteiger partial charge < -0.3 is 4.90 Å². The van der Waals surface area contributed by atoms with Crippen LogP contribution in [0.1, 0.15) is 27.7 Å². The minimum atomic E-state index is 0.769. The number of nitrogens with zero attached hydrogens (tertiary/aromatic N) is 1. The van der Waals surface area contributed by atoms with Crippen molar-refractivity contribution in [3.63, 3.8) is 0 Å². The standard InChI is InChI=1S/C9H19N/c1-6-7(2)9(4)10(5)8(6)3/h6-9H,1-5H3/t6-,7+,8?,9?. The molecule has 2 unspecified atom stereocenters. The lowest BCUT2D eigenvalue weighted by molar-refractivity contribution is 0.248. The molecule has 0 aromatic heterocycles. The molecule has 1 saturated heterocycles. The van der Waals surface area contributed by atoms with Crippen molar-refractivity contribution in [2.75, 3.05) is 7.05 Å². The van der Waals surface area contributed by atoms with Gasteiger partial charge in [0.05, 0.1) is 0 Å². The number of likely N-dealkylation sites (tertiary alicyclic amines) is 1. The van der Waals surface area contributed by atoms with E-state index in [1.165, 1.54) is 0 Å². The van der Waals surface area contributed by atoms with Gasteiger partial charge in [-0.2, -0.15) is 0 Å². The summed E-state index contributed by atoms with van der Waals surface area (Å²) in [5.74, 6) is 1.72. The van der Waals surface area contributed by atoms with Gasteiger partial charge in [0.15, 0.2) is 0 Å². The van der Waals surface area contributed by atoms with Gasteiger partial charge in [0.1, 0.15) is 0 Å². The second kappa shape index (κ2) is 2.54. The molecule has 0 N–H and O–H groups in total. The molecular formula is C9H19N. The van der Waals surface area contributed by atoms with Crippen molar-refractivity contribution in [3.8, 4) is 0 Å². The molecule has 0 aliphatic carbocycles. The summed E-state index contributed by atoms with van der Waals surface area (Å²) in [4.78, 5) is 2.48. The zero-order valence-corrected chi connectivity index (χ0v) is 7.76. The predicted molar refractivity (Wildman–Crippen MR) is 45.0 cm³/mol. The quantitative estimate of drug-likeness (QED) is 0.498. The van der Waals surface area contributed by atoms with Crippen LogP contribution >= 0.6 is 0 Å². The molecule has 1 aliphatic heterocycles. The number of rotatable bonds is 0. The average Bonchev–Trinajstić information content (AvgIpc) is 2.07. The first-order chi connectivity index (χ1) is 4.55. The van der Waals surface area contributed by atoms with Gasteiger partial charge in [0, 0.05) is 12.1 Å². The lowest BCUT2D eigenvalue weighted by atomic mass is 9.92. The molecule has 0 amide bonds. The zero-order valence-electron chi connectivity index (χ0n) is 7.76. The zero-order chi connectivity index (χ0) is 7.89. The van der Waals surface area contributed by atoms with E-state index in [9.17, 15) is 0 Å². The summed E-state index contributed by atoms with van der Waals surface area (Å²) in [5.41, 5.74) is 0. The van der Waals surface area contributed by atoms with Gasteiger partial charge in [-0.05, 0) is 32.7 Å². The van der Waals surface area contributed by atoms with E-state index in [1.54, 1.807) is 0 Å². The Morgan fingerprint density at radius 3 is 1.20 bits per heavy atom. The van der Waals surface area contributed by atoms with E-state index in [-0.39, 0.29) is 0 Å². The van der Waals surface area contributed by atoms with Crippen LogP contribution < -0.4 is 0 Å². The third-order valence-electron chi connectivity index (χ3n) is 3.64. The maximum atomic E-state index is 2.48. The van der Waals surface area contributed by atoms with E-state index in [0.29, 0.717) is 0 Å². The van der Waals surface area contributed by atoms with Crippen molar-refractivity contribution in [3.05, 3.63) is 0 Å². The molecule has 1 rings (SSSR count). The Labute approximate surface area is 64.4 Å². The fraction of sp³-hybridized carbons (Fsp3) is 1.00. The Kier molecular flexibility index (Phi) is 2.04. The largest absolute Gasteiger partial charge is 0.300 e. The van der Waals surface area contributed by atoms with E-state index in [2.05, 4.69) is 39.6 Å². The first-order valence-corrected chi connectivity index (χ1v) is 4.27. The predicted octanol–water partition coefficient (Wildman–Crippen LogP) is 1.98. The molecule has 0 aromatic rings. The van der Waals surface area contributed by atoms with E-state index in [4.69, 9.17) is 0 Å². The highest BCUT2D eigenvalue weighted by Gasteiger charge is 2.36. The van der Waals surface area contributed by atoms with E-state index in [1.807, 2.05) is 0 Å². The highest BCUT2D eigenvalue weighted by Crippen LogP contribution is 2.32. The summed E-state index contributed by atoms with van der Waals surface area (Å²) >= 11 is 0. The lowest BCUT2D eigenvalue weighted by Crippen LogP contribution is -2.29. The maximum Gasteiger partial charge on any atom is 0.00955 e. The SMILES string of the molecule is CC1[C@@H](C)[C@@H](C)C(C)N1C. The number of hydrogen-bond acceptors (Lipinski definition) is 1. The molecule has 10 heavy (non-hydrogen) atoms. The molecule has 0 aromatic carbocycles. The van der Waals surface area contributed by atoms with Crippen molar-refractivity contribution in [1.82, 2.24) is 4.90 Å². The van der Waals surface area contributed by atoms with Crippen molar-refractivity contribution >= 4 is 0 Å². The first kappa shape index (κ1) is 8.06. The lowest BCUT2D eigenvalue weighted by Gasteiger charge is -2.20. The van der Waals surface area contributed by atoms with Crippen LogP contribution in [0, 0.1) is 11.8 Å².